The van der Waals surface area contributed by atoms with Gasteiger partial charge in [-0.2, -0.15) is 0 Å². The number of benzene rings is 3. The molecule has 0 bridgehead atoms. The van der Waals surface area contributed by atoms with Gasteiger partial charge in [-0.05, 0) is 54.1 Å². The van der Waals surface area contributed by atoms with Crippen molar-refractivity contribution >= 4 is 21.6 Å². The van der Waals surface area contributed by atoms with Gasteiger partial charge in [-0.1, -0.05) is 30.3 Å². The highest BCUT2D eigenvalue weighted by Crippen LogP contribution is 2.25. The van der Waals surface area contributed by atoms with Crippen LogP contribution in [0.4, 0.5) is 5.69 Å². The van der Waals surface area contributed by atoms with Crippen LogP contribution in [-0.4, -0.2) is 37.5 Å². The number of methoxy groups -OCH3 is 1. The molecule has 34 heavy (non-hydrogen) atoms. The fraction of sp³-hybridized carbons (Fsp3) is 0.120. The number of rotatable bonds is 9. The molecule has 1 heterocycles. The Bertz CT molecular complexity index is 1320. The van der Waals surface area contributed by atoms with E-state index in [1.165, 1.54) is 19.2 Å². The zero-order valence-corrected chi connectivity index (χ0v) is 19.4. The van der Waals surface area contributed by atoms with Gasteiger partial charge in [0.15, 0.2) is 0 Å². The number of sulfonamides is 1. The maximum Gasteiger partial charge on any atom is 0.264 e. The second-order valence-corrected chi connectivity index (χ2v) is 9.30. The summed E-state index contributed by atoms with van der Waals surface area (Å²) in [6, 6.07) is 22.2. The first-order valence-corrected chi connectivity index (χ1v) is 12.0. The van der Waals surface area contributed by atoms with Crippen LogP contribution in [0.15, 0.2) is 102 Å². The summed E-state index contributed by atoms with van der Waals surface area (Å²) >= 11 is 0. The van der Waals surface area contributed by atoms with Gasteiger partial charge < -0.3 is 14.6 Å². The zero-order chi connectivity index (χ0) is 24.0. The van der Waals surface area contributed by atoms with Crippen LogP contribution in [0, 0.1) is 0 Å². The van der Waals surface area contributed by atoms with Crippen LogP contribution in [0.3, 0.4) is 0 Å². The summed E-state index contributed by atoms with van der Waals surface area (Å²) in [6.07, 6.45) is 5.25. The van der Waals surface area contributed by atoms with Gasteiger partial charge in [0.25, 0.3) is 10.0 Å². The molecule has 1 amide bonds. The minimum Gasteiger partial charge on any atom is -0.497 e. The van der Waals surface area contributed by atoms with E-state index in [9.17, 15) is 13.2 Å². The third kappa shape index (κ3) is 5.26. The molecule has 0 spiro atoms. The second kappa shape index (κ2) is 10.2. The Morgan fingerprint density at radius 2 is 1.71 bits per heavy atom. The highest BCUT2D eigenvalue weighted by molar-refractivity contribution is 7.92. The molecule has 0 unspecified atom stereocenters. The van der Waals surface area contributed by atoms with E-state index in [-0.39, 0.29) is 18.0 Å². The lowest BCUT2D eigenvalue weighted by Crippen LogP contribution is -2.40. The summed E-state index contributed by atoms with van der Waals surface area (Å²) in [4.78, 5) is 16.9. The van der Waals surface area contributed by atoms with Crippen LogP contribution in [0.1, 0.15) is 5.56 Å². The molecule has 1 aromatic heterocycles. The van der Waals surface area contributed by atoms with Crippen molar-refractivity contribution in [2.24, 2.45) is 0 Å². The molecule has 0 fully saturated rings. The number of imidazole rings is 1. The van der Waals surface area contributed by atoms with E-state index in [4.69, 9.17) is 4.74 Å². The number of carbonyl (C=O) groups excluding carboxylic acids is 1. The van der Waals surface area contributed by atoms with Crippen molar-refractivity contribution in [3.8, 4) is 11.4 Å². The van der Waals surface area contributed by atoms with Gasteiger partial charge in [-0.15, -0.1) is 0 Å². The van der Waals surface area contributed by atoms with Crippen LogP contribution >= 0.6 is 0 Å². The molecule has 4 aromatic rings. The zero-order valence-electron chi connectivity index (χ0n) is 18.5. The number of nitrogens with zero attached hydrogens (tertiary/aromatic N) is 3. The van der Waals surface area contributed by atoms with Crippen molar-refractivity contribution in [2.75, 3.05) is 18.0 Å². The molecule has 0 atom stereocenters. The van der Waals surface area contributed by atoms with Crippen molar-refractivity contribution in [3.05, 3.63) is 103 Å². The van der Waals surface area contributed by atoms with E-state index in [1.807, 2.05) is 35.0 Å². The first-order chi connectivity index (χ1) is 16.5. The quantitative estimate of drug-likeness (QED) is 0.400. The molecular weight excluding hydrogens is 452 g/mol. The largest absolute Gasteiger partial charge is 0.497 e. The predicted octanol–water partition coefficient (Wildman–Crippen LogP) is 3.39. The number of carbonyl (C=O) groups is 1. The van der Waals surface area contributed by atoms with E-state index >= 15 is 0 Å². The number of aromatic nitrogens is 2. The summed E-state index contributed by atoms with van der Waals surface area (Å²) < 4.78 is 34.9. The molecule has 8 nitrogen and oxygen atoms in total. The number of ether oxygens (including phenoxy) is 1. The van der Waals surface area contributed by atoms with Gasteiger partial charge in [0.05, 0.1) is 24.0 Å². The highest BCUT2D eigenvalue weighted by atomic mass is 32.2. The standard InChI is InChI=1S/C25H24N4O4S/c1-33-23-13-11-22(12-14-23)29(34(31,32)24-5-3-2-4-6-24)18-25(30)27-17-20-7-9-21(10-8-20)28-16-15-26-19-28/h2-16,19H,17-18H2,1H3,(H,27,30). The van der Waals surface area contributed by atoms with Gasteiger partial charge in [0.1, 0.15) is 12.3 Å². The first kappa shape index (κ1) is 23.1. The Labute approximate surface area is 198 Å². The lowest BCUT2D eigenvalue weighted by atomic mass is 10.2. The molecule has 174 valence electrons. The number of nitrogens with one attached hydrogen (secondary N) is 1. The van der Waals surface area contributed by atoms with Crippen molar-refractivity contribution in [2.45, 2.75) is 11.4 Å². The Kier molecular flexibility index (Phi) is 6.93. The highest BCUT2D eigenvalue weighted by Gasteiger charge is 2.27. The SMILES string of the molecule is COc1ccc(N(CC(=O)NCc2ccc(-n3ccnc3)cc2)S(=O)(=O)c2ccccc2)cc1. The lowest BCUT2D eigenvalue weighted by molar-refractivity contribution is -0.119. The van der Waals surface area contributed by atoms with Gasteiger partial charge in [-0.25, -0.2) is 13.4 Å². The number of anilines is 1. The van der Waals surface area contributed by atoms with Crippen LogP contribution in [0.5, 0.6) is 5.75 Å². The molecule has 1 N–H and O–H groups in total. The molecule has 0 aliphatic heterocycles. The fourth-order valence-electron chi connectivity index (χ4n) is 3.37. The fourth-order valence-corrected chi connectivity index (χ4v) is 4.81. The van der Waals surface area contributed by atoms with Crippen LogP contribution in [-0.2, 0) is 21.4 Å². The molecule has 4 rings (SSSR count). The van der Waals surface area contributed by atoms with Crippen LogP contribution in [0.25, 0.3) is 5.69 Å². The molecule has 0 aliphatic carbocycles. The second-order valence-electron chi connectivity index (χ2n) is 7.44. The van der Waals surface area contributed by atoms with Crippen molar-refractivity contribution < 1.29 is 17.9 Å². The third-order valence-corrected chi connectivity index (χ3v) is 7.00. The number of amides is 1. The molecule has 3 aromatic carbocycles. The normalized spacial score (nSPS) is 11.1. The average molecular weight is 477 g/mol. The first-order valence-electron chi connectivity index (χ1n) is 10.5. The van der Waals surface area contributed by atoms with Crippen LogP contribution < -0.4 is 14.4 Å². The maximum absolute atomic E-state index is 13.4. The monoisotopic (exact) mass is 476 g/mol. The van der Waals surface area contributed by atoms with Gasteiger partial charge in [-0.3, -0.25) is 9.10 Å². The summed E-state index contributed by atoms with van der Waals surface area (Å²) in [7, 11) is -2.43. The topological polar surface area (TPSA) is 93.5 Å². The average Bonchev–Trinajstić information content (AvgIpc) is 3.42. The molecular formula is C25H24N4O4S. The Balaban J connectivity index is 1.49. The molecule has 0 saturated heterocycles. The predicted molar refractivity (Wildman–Crippen MR) is 129 cm³/mol. The molecule has 0 aliphatic rings. The van der Waals surface area contributed by atoms with E-state index in [1.54, 1.807) is 55.0 Å². The summed E-state index contributed by atoms with van der Waals surface area (Å²) in [5.41, 5.74) is 2.20. The van der Waals surface area contributed by atoms with E-state index in [2.05, 4.69) is 10.3 Å². The number of hydrogen-bond donors (Lipinski definition) is 1. The Morgan fingerprint density at radius 3 is 2.32 bits per heavy atom. The third-order valence-electron chi connectivity index (χ3n) is 5.21. The molecule has 9 heteroatoms. The van der Waals surface area contributed by atoms with Crippen molar-refractivity contribution in [1.29, 1.82) is 0 Å². The summed E-state index contributed by atoms with van der Waals surface area (Å²) in [6.45, 7) is -0.0957. The minimum absolute atomic E-state index is 0.105. The van der Waals surface area contributed by atoms with E-state index in [0.717, 1.165) is 15.6 Å². The van der Waals surface area contributed by atoms with Crippen molar-refractivity contribution in [1.82, 2.24) is 14.9 Å². The minimum atomic E-state index is -3.96. The Morgan fingerprint density at radius 1 is 1.00 bits per heavy atom. The van der Waals surface area contributed by atoms with E-state index < -0.39 is 15.9 Å². The van der Waals surface area contributed by atoms with Gasteiger partial charge in [0.2, 0.25) is 5.91 Å². The molecule has 0 radical (unpaired) electrons. The lowest BCUT2D eigenvalue weighted by Gasteiger charge is -2.24. The number of hydrogen-bond acceptors (Lipinski definition) is 5. The van der Waals surface area contributed by atoms with Gasteiger partial charge >= 0.3 is 0 Å². The van der Waals surface area contributed by atoms with Crippen molar-refractivity contribution in [3.63, 3.8) is 0 Å². The van der Waals surface area contributed by atoms with Gasteiger partial charge in [0, 0.05) is 24.6 Å². The smallest absolute Gasteiger partial charge is 0.264 e. The van der Waals surface area contributed by atoms with E-state index in [0.29, 0.717) is 11.4 Å². The maximum atomic E-state index is 13.4. The molecule has 0 saturated carbocycles. The Hall–Kier alpha value is -4.11. The summed E-state index contributed by atoms with van der Waals surface area (Å²) in [5.74, 6) is 0.165. The summed E-state index contributed by atoms with van der Waals surface area (Å²) in [5, 5.41) is 2.81. The van der Waals surface area contributed by atoms with Crippen LogP contribution in [0.2, 0.25) is 0 Å².